The van der Waals surface area contributed by atoms with Crippen molar-refractivity contribution in [2.75, 3.05) is 13.1 Å². The first-order chi connectivity index (χ1) is 13.7. The van der Waals surface area contributed by atoms with E-state index in [1.54, 1.807) is 12.1 Å². The minimum Gasteiger partial charge on any atom is -0.367 e. The van der Waals surface area contributed by atoms with Gasteiger partial charge in [0.2, 0.25) is 0 Å². The zero-order valence-corrected chi connectivity index (χ0v) is 15.6. The number of nitrogens with one attached hydrogen (secondary N) is 2. The highest BCUT2D eigenvalue weighted by Gasteiger charge is 2.35. The fraction of sp³-hybridized carbons (Fsp3) is 0.455. The molecule has 0 amide bonds. The minimum absolute atomic E-state index is 0.138. The second-order valence-electron chi connectivity index (χ2n) is 7.85. The number of hydrogen-bond acceptors (Lipinski definition) is 4. The van der Waals surface area contributed by atoms with Crippen LogP contribution < -0.4 is 10.6 Å². The monoisotopic (exact) mass is 386 g/mol. The maximum atomic E-state index is 12.9. The van der Waals surface area contributed by atoms with Crippen molar-refractivity contribution < 1.29 is 18.3 Å². The molecule has 0 bridgehead atoms. The van der Waals surface area contributed by atoms with Gasteiger partial charge in [0.05, 0.1) is 25.4 Å². The molecule has 0 aliphatic carbocycles. The second kappa shape index (κ2) is 7.52. The van der Waals surface area contributed by atoms with Crippen molar-refractivity contribution in [3.05, 3.63) is 70.3 Å². The Kier molecular flexibility index (Phi) is 4.88. The van der Waals surface area contributed by atoms with Crippen LogP contribution in [0, 0.1) is 11.6 Å². The molecule has 2 saturated heterocycles. The van der Waals surface area contributed by atoms with Gasteiger partial charge in [-0.05, 0) is 72.5 Å². The lowest BCUT2D eigenvalue weighted by Gasteiger charge is -2.32. The molecule has 6 rings (SSSR count). The van der Waals surface area contributed by atoms with Crippen LogP contribution >= 0.6 is 0 Å². The van der Waals surface area contributed by atoms with Crippen molar-refractivity contribution in [1.82, 2.24) is 10.6 Å². The Hall–Kier alpha value is -1.86. The highest BCUT2D eigenvalue weighted by molar-refractivity contribution is 5.34. The maximum Gasteiger partial charge on any atom is 0.123 e. The van der Waals surface area contributed by atoms with Gasteiger partial charge in [0, 0.05) is 12.1 Å². The van der Waals surface area contributed by atoms with Crippen molar-refractivity contribution >= 4 is 0 Å². The van der Waals surface area contributed by atoms with E-state index in [1.807, 2.05) is 12.1 Å². The van der Waals surface area contributed by atoms with Gasteiger partial charge in [-0.25, -0.2) is 8.78 Å². The average molecular weight is 386 g/mol. The highest BCUT2D eigenvalue weighted by Crippen LogP contribution is 2.37. The Bertz CT molecular complexity index is 796. The summed E-state index contributed by atoms with van der Waals surface area (Å²) in [6.07, 6.45) is 2.59. The molecule has 2 N–H and O–H groups in total. The van der Waals surface area contributed by atoms with Gasteiger partial charge in [-0.3, -0.25) is 0 Å². The molecule has 0 saturated carbocycles. The van der Waals surface area contributed by atoms with E-state index in [-0.39, 0.29) is 23.8 Å². The van der Waals surface area contributed by atoms with Gasteiger partial charge in [0.15, 0.2) is 0 Å². The number of ether oxygens (including phenoxy) is 2. The number of benzene rings is 2. The molecule has 0 aromatic heterocycles. The molecule has 28 heavy (non-hydrogen) atoms. The van der Waals surface area contributed by atoms with Crippen molar-refractivity contribution in [3.63, 3.8) is 0 Å². The summed E-state index contributed by atoms with van der Waals surface area (Å²) in [4.78, 5) is 0. The first-order valence-corrected chi connectivity index (χ1v) is 9.95. The van der Waals surface area contributed by atoms with Gasteiger partial charge in [0.25, 0.3) is 0 Å². The molecule has 4 aliphatic heterocycles. The standard InChI is InChI=1S/2C11H12FNO/c2*12-8-1-2-9-7(5-8)6-14-11(9)10-3-4-13-10/h2*1-2,5,10-11,13H,3-4,6H2/t10-,11+;10-,11-/m11/s1. The third-order valence-corrected chi connectivity index (χ3v) is 6.11. The van der Waals surface area contributed by atoms with Gasteiger partial charge in [-0.1, -0.05) is 12.1 Å². The Balaban J connectivity index is 0.000000122. The number of rotatable bonds is 2. The van der Waals surface area contributed by atoms with E-state index in [4.69, 9.17) is 9.47 Å². The Morgan fingerprint density at radius 1 is 0.714 bits per heavy atom. The molecule has 4 heterocycles. The smallest absolute Gasteiger partial charge is 0.123 e. The number of halogens is 2. The Morgan fingerprint density at radius 3 is 1.50 bits per heavy atom. The summed E-state index contributed by atoms with van der Waals surface area (Å²) in [7, 11) is 0. The van der Waals surface area contributed by atoms with Crippen molar-refractivity contribution in [3.8, 4) is 0 Å². The summed E-state index contributed by atoms with van der Waals surface area (Å²) >= 11 is 0. The molecule has 4 nitrogen and oxygen atoms in total. The Labute approximate surface area is 163 Å². The van der Waals surface area contributed by atoms with Crippen LogP contribution in [0.4, 0.5) is 8.78 Å². The summed E-state index contributed by atoms with van der Waals surface area (Å²) in [6, 6.07) is 10.7. The highest BCUT2D eigenvalue weighted by atomic mass is 19.1. The van der Waals surface area contributed by atoms with Gasteiger partial charge in [-0.15, -0.1) is 0 Å². The first-order valence-electron chi connectivity index (χ1n) is 9.95. The zero-order valence-electron chi connectivity index (χ0n) is 15.6. The summed E-state index contributed by atoms with van der Waals surface area (Å²) in [5.74, 6) is -0.343. The maximum absolute atomic E-state index is 12.9. The van der Waals surface area contributed by atoms with Gasteiger partial charge >= 0.3 is 0 Å². The van der Waals surface area contributed by atoms with Crippen LogP contribution in [0.15, 0.2) is 36.4 Å². The molecule has 0 spiro atoms. The van der Waals surface area contributed by atoms with E-state index >= 15 is 0 Å². The first kappa shape index (κ1) is 18.2. The van der Waals surface area contributed by atoms with Crippen molar-refractivity contribution in [2.24, 2.45) is 0 Å². The summed E-state index contributed by atoms with van der Waals surface area (Å²) in [5, 5.41) is 6.65. The van der Waals surface area contributed by atoms with Crippen LogP contribution in [-0.2, 0) is 22.7 Å². The SMILES string of the molecule is Fc1ccc2c(c1)CO[C@@H]2[C@H]1CCN1.Fc1ccc2c(c1)CO[C@H]2[C@H]1CCN1. The van der Waals surface area contributed by atoms with Crippen LogP contribution in [-0.4, -0.2) is 25.2 Å². The topological polar surface area (TPSA) is 42.5 Å². The van der Waals surface area contributed by atoms with E-state index in [1.165, 1.54) is 12.1 Å². The summed E-state index contributed by atoms with van der Waals surface area (Å²) in [5.41, 5.74) is 4.32. The largest absolute Gasteiger partial charge is 0.367 e. The molecule has 148 valence electrons. The fourth-order valence-corrected chi connectivity index (χ4v) is 4.30. The lowest BCUT2D eigenvalue weighted by Crippen LogP contribution is -2.46. The van der Waals surface area contributed by atoms with E-state index in [9.17, 15) is 8.78 Å². The van der Waals surface area contributed by atoms with Gasteiger partial charge < -0.3 is 20.1 Å². The molecule has 4 atom stereocenters. The van der Waals surface area contributed by atoms with Crippen LogP contribution in [0.3, 0.4) is 0 Å². The summed E-state index contributed by atoms with van der Waals surface area (Å²) < 4.78 is 37.1. The predicted octanol–water partition coefficient (Wildman–Crippen LogP) is 3.52. The lowest BCUT2D eigenvalue weighted by atomic mass is 9.94. The van der Waals surface area contributed by atoms with Crippen molar-refractivity contribution in [1.29, 1.82) is 0 Å². The van der Waals surface area contributed by atoms with Crippen LogP contribution in [0.2, 0.25) is 0 Å². The third-order valence-electron chi connectivity index (χ3n) is 6.11. The normalized spacial score (nSPS) is 29.8. The van der Waals surface area contributed by atoms with E-state index in [2.05, 4.69) is 10.6 Å². The Morgan fingerprint density at radius 2 is 1.14 bits per heavy atom. The average Bonchev–Trinajstić information content (AvgIpc) is 3.17. The van der Waals surface area contributed by atoms with Gasteiger partial charge in [0.1, 0.15) is 11.6 Å². The molecular weight excluding hydrogens is 362 g/mol. The van der Waals surface area contributed by atoms with E-state index in [0.29, 0.717) is 25.3 Å². The molecule has 2 aromatic carbocycles. The second-order valence-corrected chi connectivity index (χ2v) is 7.85. The molecule has 0 radical (unpaired) electrons. The molecule has 2 aromatic rings. The predicted molar refractivity (Wildman–Crippen MR) is 101 cm³/mol. The van der Waals surface area contributed by atoms with Crippen molar-refractivity contribution in [2.45, 2.75) is 50.3 Å². The number of hydrogen-bond donors (Lipinski definition) is 2. The van der Waals surface area contributed by atoms with Crippen LogP contribution in [0.1, 0.15) is 47.3 Å². The zero-order chi connectivity index (χ0) is 19.1. The van der Waals surface area contributed by atoms with Crippen LogP contribution in [0.5, 0.6) is 0 Å². The molecule has 0 unspecified atom stereocenters. The van der Waals surface area contributed by atoms with Crippen LogP contribution in [0.25, 0.3) is 0 Å². The molecule has 4 aliphatic rings. The third kappa shape index (κ3) is 3.35. The minimum atomic E-state index is -0.172. The molecular formula is C22H24F2N2O2. The molecule has 6 heteroatoms. The molecule has 2 fully saturated rings. The van der Waals surface area contributed by atoms with Gasteiger partial charge in [-0.2, -0.15) is 0 Å². The number of fused-ring (bicyclic) bond motifs is 2. The van der Waals surface area contributed by atoms with E-state index in [0.717, 1.165) is 48.2 Å². The lowest BCUT2D eigenvalue weighted by molar-refractivity contribution is 0.0193. The van der Waals surface area contributed by atoms with E-state index < -0.39 is 0 Å². The summed E-state index contributed by atoms with van der Waals surface area (Å²) in [6.45, 7) is 3.24. The fourth-order valence-electron chi connectivity index (χ4n) is 4.30. The quantitative estimate of drug-likeness (QED) is 0.829.